The lowest BCUT2D eigenvalue weighted by Crippen LogP contribution is -2.72. The average Bonchev–Trinajstić information content (AvgIpc) is 2.89. The zero-order valence-corrected chi connectivity index (χ0v) is 19.9. The minimum absolute atomic E-state index is 0.303. The first-order chi connectivity index (χ1) is 17.0. The number of carbonyl (C=O) groups is 3. The lowest BCUT2D eigenvalue weighted by molar-refractivity contribution is -0.158. The fraction of sp³-hybridized carbons (Fsp3) is 0.464. The molecule has 0 unspecified atom stereocenters. The summed E-state index contributed by atoms with van der Waals surface area (Å²) in [4.78, 5) is 37.6. The Bertz CT molecular complexity index is 1050. The SMILES string of the molecule is O=C1NC(=O)C(Oc2ccc(Oc3ccc(C4CCCCC4)cc3)cc2)(C2CCCCC2)C(=O)N1. The number of amides is 4. The van der Waals surface area contributed by atoms with Gasteiger partial charge < -0.3 is 9.47 Å². The summed E-state index contributed by atoms with van der Waals surface area (Å²) in [5.41, 5.74) is -0.387. The Balaban J connectivity index is 1.29. The summed E-state index contributed by atoms with van der Waals surface area (Å²) < 4.78 is 12.1. The predicted octanol–water partition coefficient (Wildman–Crippen LogP) is 5.59. The van der Waals surface area contributed by atoms with Gasteiger partial charge in [0.1, 0.15) is 17.2 Å². The van der Waals surface area contributed by atoms with Crippen molar-refractivity contribution >= 4 is 17.8 Å². The van der Waals surface area contributed by atoms with Gasteiger partial charge in [-0.2, -0.15) is 0 Å². The van der Waals surface area contributed by atoms with Crippen LogP contribution in [0.3, 0.4) is 0 Å². The van der Waals surface area contributed by atoms with Gasteiger partial charge in [0.05, 0.1) is 0 Å². The van der Waals surface area contributed by atoms with E-state index in [4.69, 9.17) is 9.47 Å². The van der Waals surface area contributed by atoms with E-state index in [0.717, 1.165) is 25.0 Å². The maximum atomic E-state index is 12.9. The number of imide groups is 2. The van der Waals surface area contributed by atoms with Crippen molar-refractivity contribution in [3.63, 3.8) is 0 Å². The van der Waals surface area contributed by atoms with Gasteiger partial charge in [0.25, 0.3) is 17.4 Å². The zero-order valence-electron chi connectivity index (χ0n) is 19.9. The zero-order chi connectivity index (χ0) is 24.3. The number of benzene rings is 2. The quantitative estimate of drug-likeness (QED) is 0.530. The van der Waals surface area contributed by atoms with E-state index in [9.17, 15) is 14.4 Å². The molecule has 0 radical (unpaired) electrons. The van der Waals surface area contributed by atoms with Gasteiger partial charge in [0.2, 0.25) is 0 Å². The largest absolute Gasteiger partial charge is 0.467 e. The highest BCUT2D eigenvalue weighted by atomic mass is 16.5. The molecular weight excluding hydrogens is 444 g/mol. The molecule has 2 N–H and O–H groups in total. The van der Waals surface area contributed by atoms with E-state index in [0.29, 0.717) is 30.3 Å². The third-order valence-corrected chi connectivity index (χ3v) is 7.60. The first-order valence-electron chi connectivity index (χ1n) is 12.8. The van der Waals surface area contributed by atoms with Crippen molar-refractivity contribution in [1.29, 1.82) is 0 Å². The van der Waals surface area contributed by atoms with E-state index in [1.54, 1.807) is 24.3 Å². The Kier molecular flexibility index (Phi) is 6.75. The smallest absolute Gasteiger partial charge is 0.328 e. The Labute approximate surface area is 205 Å². The van der Waals surface area contributed by atoms with E-state index in [-0.39, 0.29) is 5.92 Å². The first kappa shape index (κ1) is 23.4. The van der Waals surface area contributed by atoms with Gasteiger partial charge in [0, 0.05) is 5.92 Å². The van der Waals surface area contributed by atoms with E-state index in [1.807, 2.05) is 12.1 Å². The van der Waals surface area contributed by atoms with Crippen molar-refractivity contribution in [2.24, 2.45) is 5.92 Å². The number of hydrogen-bond donors (Lipinski definition) is 2. The molecule has 7 heteroatoms. The van der Waals surface area contributed by atoms with Crippen LogP contribution < -0.4 is 20.1 Å². The van der Waals surface area contributed by atoms with Gasteiger partial charge in [0.15, 0.2) is 0 Å². The van der Waals surface area contributed by atoms with Crippen LogP contribution in [0.25, 0.3) is 0 Å². The highest BCUT2D eigenvalue weighted by Crippen LogP contribution is 2.38. The molecule has 35 heavy (non-hydrogen) atoms. The van der Waals surface area contributed by atoms with Crippen molar-refractivity contribution in [2.45, 2.75) is 75.7 Å². The fourth-order valence-electron chi connectivity index (χ4n) is 5.72. The number of urea groups is 1. The molecule has 1 aliphatic heterocycles. The number of rotatable bonds is 6. The number of barbiturate groups is 1. The molecular formula is C28H32N2O5. The third kappa shape index (κ3) is 4.90. The molecule has 2 aromatic rings. The van der Waals surface area contributed by atoms with Crippen LogP contribution in [-0.2, 0) is 9.59 Å². The molecule has 3 aliphatic rings. The molecule has 2 aliphatic carbocycles. The second-order valence-corrected chi connectivity index (χ2v) is 9.89. The summed E-state index contributed by atoms with van der Waals surface area (Å²) >= 11 is 0. The van der Waals surface area contributed by atoms with E-state index in [2.05, 4.69) is 22.8 Å². The number of carbonyl (C=O) groups excluding carboxylic acids is 3. The first-order valence-corrected chi connectivity index (χ1v) is 12.8. The van der Waals surface area contributed by atoms with Gasteiger partial charge in [-0.3, -0.25) is 20.2 Å². The van der Waals surface area contributed by atoms with Gasteiger partial charge in [-0.1, -0.05) is 50.7 Å². The Hall–Kier alpha value is -3.35. The Morgan fingerprint density at radius 1 is 0.629 bits per heavy atom. The Morgan fingerprint density at radius 3 is 1.69 bits per heavy atom. The molecule has 1 saturated heterocycles. The number of hydrogen-bond acceptors (Lipinski definition) is 5. The second kappa shape index (κ2) is 10.1. The molecule has 1 heterocycles. The van der Waals surface area contributed by atoms with Crippen molar-refractivity contribution in [3.05, 3.63) is 54.1 Å². The van der Waals surface area contributed by atoms with Crippen LogP contribution in [0.1, 0.15) is 75.7 Å². The van der Waals surface area contributed by atoms with Gasteiger partial charge in [-0.05, 0) is 73.6 Å². The summed E-state index contributed by atoms with van der Waals surface area (Å²) in [6, 6.07) is 14.4. The molecule has 5 rings (SSSR count). The highest BCUT2D eigenvalue weighted by molar-refractivity contribution is 6.22. The van der Waals surface area contributed by atoms with Crippen LogP contribution in [0.15, 0.2) is 48.5 Å². The summed E-state index contributed by atoms with van der Waals surface area (Å²) in [7, 11) is 0. The summed E-state index contributed by atoms with van der Waals surface area (Å²) in [6.07, 6.45) is 10.7. The molecule has 2 aromatic carbocycles. The van der Waals surface area contributed by atoms with Crippen LogP contribution in [0.5, 0.6) is 17.2 Å². The normalized spacial score (nSPS) is 21.2. The van der Waals surface area contributed by atoms with Crippen LogP contribution in [0.4, 0.5) is 4.79 Å². The Morgan fingerprint density at radius 2 is 1.11 bits per heavy atom. The molecule has 0 spiro atoms. The van der Waals surface area contributed by atoms with Crippen LogP contribution in [0.2, 0.25) is 0 Å². The predicted molar refractivity (Wildman–Crippen MR) is 130 cm³/mol. The fourth-order valence-corrected chi connectivity index (χ4v) is 5.72. The standard InChI is InChI=1S/C28H32N2O5/c31-25-28(21-9-5-2-6-10-21,26(32)30-27(33)29-25)35-24-17-15-23(16-18-24)34-22-13-11-20(12-14-22)19-7-3-1-4-8-19/h11-19,21H,1-10H2,(H2,29,30,31,32,33). The van der Waals surface area contributed by atoms with E-state index in [1.165, 1.54) is 37.7 Å². The minimum Gasteiger partial charge on any atom is -0.467 e. The molecule has 184 valence electrons. The topological polar surface area (TPSA) is 93.7 Å². The van der Waals surface area contributed by atoms with Crippen molar-refractivity contribution < 1.29 is 23.9 Å². The van der Waals surface area contributed by atoms with Gasteiger partial charge >= 0.3 is 6.03 Å². The highest BCUT2D eigenvalue weighted by Gasteiger charge is 2.58. The van der Waals surface area contributed by atoms with Crippen LogP contribution in [-0.4, -0.2) is 23.4 Å². The summed E-state index contributed by atoms with van der Waals surface area (Å²) in [5.74, 6) is 0.699. The summed E-state index contributed by atoms with van der Waals surface area (Å²) in [5, 5.41) is 4.46. The third-order valence-electron chi connectivity index (χ3n) is 7.60. The number of nitrogens with one attached hydrogen (secondary N) is 2. The van der Waals surface area contributed by atoms with Crippen LogP contribution >= 0.6 is 0 Å². The van der Waals surface area contributed by atoms with E-state index >= 15 is 0 Å². The van der Waals surface area contributed by atoms with Crippen molar-refractivity contribution in [2.75, 3.05) is 0 Å². The summed E-state index contributed by atoms with van der Waals surface area (Å²) in [6.45, 7) is 0. The average molecular weight is 477 g/mol. The lowest BCUT2D eigenvalue weighted by atomic mass is 9.75. The maximum Gasteiger partial charge on any atom is 0.328 e. The molecule has 2 saturated carbocycles. The minimum atomic E-state index is -1.76. The van der Waals surface area contributed by atoms with Gasteiger partial charge in [-0.25, -0.2) is 4.79 Å². The van der Waals surface area contributed by atoms with Crippen molar-refractivity contribution in [3.8, 4) is 17.2 Å². The molecule has 4 amide bonds. The molecule has 7 nitrogen and oxygen atoms in total. The van der Waals surface area contributed by atoms with Crippen molar-refractivity contribution in [1.82, 2.24) is 10.6 Å². The molecule has 0 aromatic heterocycles. The lowest BCUT2D eigenvalue weighted by Gasteiger charge is -2.41. The van der Waals surface area contributed by atoms with E-state index < -0.39 is 23.4 Å². The number of ether oxygens (including phenoxy) is 2. The molecule has 0 bridgehead atoms. The van der Waals surface area contributed by atoms with Gasteiger partial charge in [-0.15, -0.1) is 0 Å². The monoisotopic (exact) mass is 476 g/mol. The van der Waals surface area contributed by atoms with Crippen LogP contribution in [0, 0.1) is 5.92 Å². The maximum absolute atomic E-state index is 12.9. The molecule has 0 atom stereocenters. The second-order valence-electron chi connectivity index (χ2n) is 9.89. The molecule has 3 fully saturated rings.